The number of fused-ring (bicyclic) bond motifs is 2. The van der Waals surface area contributed by atoms with Crippen molar-refractivity contribution in [1.29, 1.82) is 0 Å². The molecule has 0 spiro atoms. The molecule has 3 heterocycles. The monoisotopic (exact) mass is 250 g/mol. The normalized spacial score (nSPS) is 11.4. The highest BCUT2D eigenvalue weighted by atomic mass is 15.3. The molecule has 0 radical (unpaired) electrons. The molecule has 0 aliphatic heterocycles. The maximum atomic E-state index is 4.58. The molecule has 0 fully saturated rings. The van der Waals surface area contributed by atoms with Crippen molar-refractivity contribution < 1.29 is 0 Å². The van der Waals surface area contributed by atoms with Crippen LogP contribution in [0.1, 0.15) is 0 Å². The van der Waals surface area contributed by atoms with Crippen molar-refractivity contribution in [2.45, 2.75) is 0 Å². The summed E-state index contributed by atoms with van der Waals surface area (Å²) in [5.74, 6) is 0.683. The number of aryl methyl sites for hydroxylation is 1. The fourth-order valence-corrected chi connectivity index (χ4v) is 2.23. The zero-order chi connectivity index (χ0) is 12.8. The number of aromatic amines is 1. The van der Waals surface area contributed by atoms with Gasteiger partial charge in [0.1, 0.15) is 0 Å². The molecule has 6 heteroatoms. The summed E-state index contributed by atoms with van der Waals surface area (Å²) in [6, 6.07) is 5.94. The van der Waals surface area contributed by atoms with Crippen LogP contribution in [0.2, 0.25) is 0 Å². The van der Waals surface area contributed by atoms with E-state index < -0.39 is 0 Å². The molecule has 0 bridgehead atoms. The van der Waals surface area contributed by atoms with Gasteiger partial charge < -0.3 is 0 Å². The topological polar surface area (TPSA) is 72.3 Å². The van der Waals surface area contributed by atoms with Gasteiger partial charge in [0.25, 0.3) is 0 Å². The molecular weight excluding hydrogens is 240 g/mol. The smallest absolute Gasteiger partial charge is 0.162 e. The van der Waals surface area contributed by atoms with E-state index in [4.69, 9.17) is 0 Å². The molecule has 0 amide bonds. The molecule has 0 atom stereocenters. The summed E-state index contributed by atoms with van der Waals surface area (Å²) in [4.78, 5) is 9.00. The Kier molecular flexibility index (Phi) is 1.94. The molecule has 92 valence electrons. The first kappa shape index (κ1) is 10.2. The SMILES string of the molecule is Cn1ncc2cnc(-c3cccc4[nH]ncc34)nc21. The van der Waals surface area contributed by atoms with Crippen molar-refractivity contribution in [2.75, 3.05) is 0 Å². The van der Waals surface area contributed by atoms with E-state index >= 15 is 0 Å². The second kappa shape index (κ2) is 3.61. The van der Waals surface area contributed by atoms with Crippen molar-refractivity contribution in [3.05, 3.63) is 36.8 Å². The first-order valence-corrected chi connectivity index (χ1v) is 5.90. The minimum atomic E-state index is 0.683. The van der Waals surface area contributed by atoms with Gasteiger partial charge in [-0.15, -0.1) is 0 Å². The van der Waals surface area contributed by atoms with E-state index in [0.717, 1.165) is 27.5 Å². The average molecular weight is 250 g/mol. The number of hydrogen-bond donors (Lipinski definition) is 1. The number of H-pyrrole nitrogens is 1. The molecule has 0 aliphatic rings. The lowest BCUT2D eigenvalue weighted by molar-refractivity contribution is 0.786. The van der Waals surface area contributed by atoms with Crippen LogP contribution in [-0.4, -0.2) is 29.9 Å². The summed E-state index contributed by atoms with van der Waals surface area (Å²) in [6.45, 7) is 0. The fraction of sp³-hybridized carbons (Fsp3) is 0.0769. The molecule has 0 unspecified atom stereocenters. The molecule has 1 aromatic carbocycles. The molecule has 0 saturated heterocycles. The molecule has 0 aliphatic carbocycles. The highest BCUT2D eigenvalue weighted by Gasteiger charge is 2.10. The second-order valence-electron chi connectivity index (χ2n) is 4.38. The minimum Gasteiger partial charge on any atom is -0.278 e. The Labute approximate surface area is 108 Å². The van der Waals surface area contributed by atoms with Crippen LogP contribution in [0.25, 0.3) is 33.3 Å². The van der Waals surface area contributed by atoms with Crippen LogP contribution in [0.15, 0.2) is 36.8 Å². The molecule has 19 heavy (non-hydrogen) atoms. The third-order valence-electron chi connectivity index (χ3n) is 3.20. The third kappa shape index (κ3) is 1.43. The van der Waals surface area contributed by atoms with Gasteiger partial charge in [-0.1, -0.05) is 12.1 Å². The summed E-state index contributed by atoms with van der Waals surface area (Å²) in [6.07, 6.45) is 5.35. The van der Waals surface area contributed by atoms with Crippen molar-refractivity contribution in [3.8, 4) is 11.4 Å². The maximum absolute atomic E-state index is 4.58. The van der Waals surface area contributed by atoms with Gasteiger partial charge in [-0.05, 0) is 6.07 Å². The van der Waals surface area contributed by atoms with Gasteiger partial charge in [0.15, 0.2) is 11.5 Å². The lowest BCUT2D eigenvalue weighted by Crippen LogP contribution is -1.95. The summed E-state index contributed by atoms with van der Waals surface area (Å²) in [5, 5.41) is 13.1. The first-order chi connectivity index (χ1) is 9.33. The molecule has 4 aromatic rings. The molecule has 1 N–H and O–H groups in total. The van der Waals surface area contributed by atoms with E-state index in [1.807, 2.05) is 25.2 Å². The van der Waals surface area contributed by atoms with Gasteiger partial charge in [-0.25, -0.2) is 9.97 Å². The number of hydrogen-bond acceptors (Lipinski definition) is 4. The van der Waals surface area contributed by atoms with Crippen molar-refractivity contribution in [1.82, 2.24) is 29.9 Å². The number of nitrogens with one attached hydrogen (secondary N) is 1. The Hall–Kier alpha value is -2.76. The predicted molar refractivity (Wildman–Crippen MR) is 71.4 cm³/mol. The standard InChI is InChI=1S/C13H10N6/c1-19-13-8(6-16-19)5-14-12(17-13)9-3-2-4-11-10(9)7-15-18-11/h2-7H,1H3,(H,15,18). The Bertz CT molecular complexity index is 888. The largest absolute Gasteiger partial charge is 0.278 e. The average Bonchev–Trinajstić information content (AvgIpc) is 3.05. The molecule has 4 rings (SSSR count). The molecule has 3 aromatic heterocycles. The highest BCUT2D eigenvalue weighted by molar-refractivity contribution is 5.93. The Morgan fingerprint density at radius 1 is 1.16 bits per heavy atom. The summed E-state index contributed by atoms with van der Waals surface area (Å²) >= 11 is 0. The van der Waals surface area contributed by atoms with Crippen LogP contribution in [0.4, 0.5) is 0 Å². The number of nitrogens with zero attached hydrogens (tertiary/aromatic N) is 5. The lowest BCUT2D eigenvalue weighted by atomic mass is 10.1. The minimum absolute atomic E-state index is 0.683. The van der Waals surface area contributed by atoms with Crippen LogP contribution in [-0.2, 0) is 7.05 Å². The third-order valence-corrected chi connectivity index (χ3v) is 3.20. The molecule has 0 saturated carbocycles. The van der Waals surface area contributed by atoms with Crippen molar-refractivity contribution >= 4 is 21.9 Å². The van der Waals surface area contributed by atoms with Gasteiger partial charge in [-0.2, -0.15) is 10.2 Å². The van der Waals surface area contributed by atoms with E-state index in [9.17, 15) is 0 Å². The van der Waals surface area contributed by atoms with Gasteiger partial charge >= 0.3 is 0 Å². The summed E-state index contributed by atoms with van der Waals surface area (Å²) < 4.78 is 1.75. The number of rotatable bonds is 1. The van der Waals surface area contributed by atoms with Gasteiger partial charge in [0.2, 0.25) is 0 Å². The Morgan fingerprint density at radius 2 is 2.11 bits per heavy atom. The first-order valence-electron chi connectivity index (χ1n) is 5.90. The van der Waals surface area contributed by atoms with E-state index in [1.165, 1.54) is 0 Å². The molecular formula is C13H10N6. The molecule has 6 nitrogen and oxygen atoms in total. The van der Waals surface area contributed by atoms with E-state index in [2.05, 4.69) is 25.3 Å². The summed E-state index contributed by atoms with van der Waals surface area (Å²) in [7, 11) is 1.87. The Balaban J connectivity index is 2.03. The zero-order valence-electron chi connectivity index (χ0n) is 10.2. The fourth-order valence-electron chi connectivity index (χ4n) is 2.23. The van der Waals surface area contributed by atoms with Crippen molar-refractivity contribution in [2.24, 2.45) is 7.05 Å². The van der Waals surface area contributed by atoms with Crippen LogP contribution in [0.3, 0.4) is 0 Å². The quantitative estimate of drug-likeness (QED) is 0.560. The maximum Gasteiger partial charge on any atom is 0.162 e. The van der Waals surface area contributed by atoms with Crippen LogP contribution in [0, 0.1) is 0 Å². The van der Waals surface area contributed by atoms with Crippen LogP contribution < -0.4 is 0 Å². The lowest BCUT2D eigenvalue weighted by Gasteiger charge is -2.02. The predicted octanol–water partition coefficient (Wildman–Crippen LogP) is 1.91. The van der Waals surface area contributed by atoms with Crippen molar-refractivity contribution in [3.63, 3.8) is 0 Å². The summed E-state index contributed by atoms with van der Waals surface area (Å²) in [5.41, 5.74) is 2.77. The van der Waals surface area contributed by atoms with E-state index in [0.29, 0.717) is 5.82 Å². The number of benzene rings is 1. The second-order valence-corrected chi connectivity index (χ2v) is 4.38. The van der Waals surface area contributed by atoms with Crippen LogP contribution >= 0.6 is 0 Å². The zero-order valence-corrected chi connectivity index (χ0v) is 10.2. The van der Waals surface area contributed by atoms with Crippen LogP contribution in [0.5, 0.6) is 0 Å². The Morgan fingerprint density at radius 3 is 3.05 bits per heavy atom. The number of aromatic nitrogens is 6. The van der Waals surface area contributed by atoms with Gasteiger partial charge in [-0.3, -0.25) is 9.78 Å². The van der Waals surface area contributed by atoms with E-state index in [-0.39, 0.29) is 0 Å². The highest BCUT2D eigenvalue weighted by Crippen LogP contribution is 2.25. The van der Waals surface area contributed by atoms with Gasteiger partial charge in [0.05, 0.1) is 23.3 Å². The van der Waals surface area contributed by atoms with E-state index in [1.54, 1.807) is 23.3 Å². The van der Waals surface area contributed by atoms with Gasteiger partial charge in [0, 0.05) is 24.2 Å².